The summed E-state index contributed by atoms with van der Waals surface area (Å²) in [5.74, 6) is -0.435. The molecule has 0 radical (unpaired) electrons. The molecule has 28 heavy (non-hydrogen) atoms. The monoisotopic (exact) mass is 374 g/mol. The number of aryl methyl sites for hydroxylation is 1. The number of aromatic nitrogens is 1. The number of halogens is 1. The standard InChI is InChI=1S/C23H19FN2O2/c24-16-11-9-15(10-12-16)23-18(17-5-1-2-6-19(17)26-23)13-14-22(28)25-20-7-3-4-8-21(20)27/h1-12,26-27H,13-14H2,(H,25,28). The number of hydrogen-bond donors (Lipinski definition) is 3. The van der Waals surface area contributed by atoms with Gasteiger partial charge in [0.1, 0.15) is 11.6 Å². The molecule has 0 atom stereocenters. The van der Waals surface area contributed by atoms with Crippen LogP contribution < -0.4 is 5.32 Å². The van der Waals surface area contributed by atoms with Crippen molar-refractivity contribution < 1.29 is 14.3 Å². The van der Waals surface area contributed by atoms with Gasteiger partial charge in [0.05, 0.1) is 5.69 Å². The van der Waals surface area contributed by atoms with Gasteiger partial charge in [-0.1, -0.05) is 30.3 Å². The number of fused-ring (bicyclic) bond motifs is 1. The van der Waals surface area contributed by atoms with Crippen LogP contribution in [0.3, 0.4) is 0 Å². The Labute approximate surface area is 161 Å². The number of anilines is 1. The summed E-state index contributed by atoms with van der Waals surface area (Å²) in [6.45, 7) is 0. The minimum absolute atomic E-state index is 0.0370. The van der Waals surface area contributed by atoms with Crippen molar-refractivity contribution in [2.75, 3.05) is 5.32 Å². The average Bonchev–Trinajstić information content (AvgIpc) is 3.07. The summed E-state index contributed by atoms with van der Waals surface area (Å²) < 4.78 is 13.3. The lowest BCUT2D eigenvalue weighted by molar-refractivity contribution is -0.116. The molecule has 4 aromatic rings. The smallest absolute Gasteiger partial charge is 0.224 e. The van der Waals surface area contributed by atoms with E-state index in [1.807, 2.05) is 24.3 Å². The molecule has 1 heterocycles. The van der Waals surface area contributed by atoms with Crippen LogP contribution in [0.5, 0.6) is 5.75 Å². The number of phenols is 1. The Morgan fingerprint density at radius 3 is 2.46 bits per heavy atom. The molecule has 0 saturated heterocycles. The second-order valence-electron chi connectivity index (χ2n) is 6.60. The average molecular weight is 374 g/mol. The van der Waals surface area contributed by atoms with Gasteiger partial charge in [-0.05, 0) is 60.0 Å². The number of carbonyl (C=O) groups excluding carboxylic acids is 1. The Bertz CT molecular complexity index is 1130. The maximum absolute atomic E-state index is 13.3. The third kappa shape index (κ3) is 3.60. The molecule has 0 aliphatic heterocycles. The predicted octanol–water partition coefficient (Wildman–Crippen LogP) is 5.25. The lowest BCUT2D eigenvalue weighted by atomic mass is 10.0. The van der Waals surface area contributed by atoms with Crippen molar-refractivity contribution in [1.82, 2.24) is 4.98 Å². The number of nitrogens with one attached hydrogen (secondary N) is 2. The normalized spacial score (nSPS) is 10.9. The van der Waals surface area contributed by atoms with E-state index in [-0.39, 0.29) is 23.9 Å². The van der Waals surface area contributed by atoms with Crippen LogP contribution in [0.15, 0.2) is 72.8 Å². The molecule has 0 saturated carbocycles. The van der Waals surface area contributed by atoms with Crippen LogP contribution in [0.25, 0.3) is 22.2 Å². The highest BCUT2D eigenvalue weighted by atomic mass is 19.1. The summed E-state index contributed by atoms with van der Waals surface area (Å²) >= 11 is 0. The van der Waals surface area contributed by atoms with Crippen molar-refractivity contribution in [1.29, 1.82) is 0 Å². The van der Waals surface area contributed by atoms with E-state index in [0.717, 1.165) is 27.7 Å². The molecule has 0 unspecified atom stereocenters. The van der Waals surface area contributed by atoms with Crippen LogP contribution in [-0.4, -0.2) is 16.0 Å². The minimum atomic E-state index is -0.288. The first-order valence-corrected chi connectivity index (χ1v) is 9.05. The molecule has 5 heteroatoms. The van der Waals surface area contributed by atoms with E-state index >= 15 is 0 Å². The number of carbonyl (C=O) groups is 1. The van der Waals surface area contributed by atoms with E-state index < -0.39 is 0 Å². The van der Waals surface area contributed by atoms with Crippen molar-refractivity contribution in [2.24, 2.45) is 0 Å². The molecule has 1 aromatic heterocycles. The van der Waals surface area contributed by atoms with Crippen LogP contribution in [0.1, 0.15) is 12.0 Å². The second-order valence-corrected chi connectivity index (χ2v) is 6.60. The van der Waals surface area contributed by atoms with E-state index in [0.29, 0.717) is 12.1 Å². The zero-order valence-corrected chi connectivity index (χ0v) is 15.1. The topological polar surface area (TPSA) is 65.1 Å². The van der Waals surface area contributed by atoms with E-state index in [1.54, 1.807) is 30.3 Å². The summed E-state index contributed by atoms with van der Waals surface area (Å²) in [5.41, 5.74) is 4.13. The van der Waals surface area contributed by atoms with Crippen LogP contribution in [-0.2, 0) is 11.2 Å². The molecule has 140 valence electrons. The first kappa shape index (κ1) is 17.8. The Balaban J connectivity index is 1.60. The number of phenolic OH excluding ortho intramolecular Hbond substituents is 1. The van der Waals surface area contributed by atoms with Crippen molar-refractivity contribution in [3.63, 3.8) is 0 Å². The molecule has 0 bridgehead atoms. The molecular weight excluding hydrogens is 355 g/mol. The zero-order chi connectivity index (χ0) is 19.5. The lowest BCUT2D eigenvalue weighted by Gasteiger charge is -2.08. The van der Waals surface area contributed by atoms with Crippen molar-refractivity contribution in [3.05, 3.63) is 84.2 Å². The molecule has 0 spiro atoms. The Kier molecular flexibility index (Phi) is 4.81. The number of benzene rings is 3. The minimum Gasteiger partial charge on any atom is -0.506 e. The van der Waals surface area contributed by atoms with Gasteiger partial charge in [0.15, 0.2) is 0 Å². The molecule has 0 fully saturated rings. The fourth-order valence-corrected chi connectivity index (χ4v) is 3.35. The maximum atomic E-state index is 13.3. The fourth-order valence-electron chi connectivity index (χ4n) is 3.35. The summed E-state index contributed by atoms with van der Waals surface area (Å²) in [4.78, 5) is 15.8. The van der Waals surface area contributed by atoms with Gasteiger partial charge in [0.25, 0.3) is 0 Å². The largest absolute Gasteiger partial charge is 0.506 e. The van der Waals surface area contributed by atoms with E-state index in [9.17, 15) is 14.3 Å². The zero-order valence-electron chi connectivity index (χ0n) is 15.1. The van der Waals surface area contributed by atoms with Gasteiger partial charge in [-0.2, -0.15) is 0 Å². The van der Waals surface area contributed by atoms with Gasteiger partial charge in [-0.25, -0.2) is 4.39 Å². The van der Waals surface area contributed by atoms with Gasteiger partial charge in [-0.3, -0.25) is 4.79 Å². The summed E-state index contributed by atoms with van der Waals surface area (Å²) in [6.07, 6.45) is 0.764. The number of para-hydroxylation sites is 3. The van der Waals surface area contributed by atoms with Crippen LogP contribution >= 0.6 is 0 Å². The van der Waals surface area contributed by atoms with Crippen LogP contribution in [0.2, 0.25) is 0 Å². The van der Waals surface area contributed by atoms with Gasteiger partial charge in [0.2, 0.25) is 5.91 Å². The van der Waals surface area contributed by atoms with Crippen molar-refractivity contribution in [3.8, 4) is 17.0 Å². The lowest BCUT2D eigenvalue weighted by Crippen LogP contribution is -2.12. The SMILES string of the molecule is O=C(CCc1c(-c2ccc(F)cc2)[nH]c2ccccc12)Nc1ccccc1O. The first-order chi connectivity index (χ1) is 13.6. The maximum Gasteiger partial charge on any atom is 0.224 e. The summed E-state index contributed by atoms with van der Waals surface area (Å²) in [5, 5.41) is 13.6. The number of hydrogen-bond acceptors (Lipinski definition) is 2. The fraction of sp³-hybridized carbons (Fsp3) is 0.0870. The van der Waals surface area contributed by atoms with Crippen LogP contribution in [0.4, 0.5) is 10.1 Å². The Morgan fingerprint density at radius 2 is 1.68 bits per heavy atom. The highest BCUT2D eigenvalue weighted by molar-refractivity contribution is 5.94. The number of rotatable bonds is 5. The molecule has 0 aliphatic carbocycles. The quantitative estimate of drug-likeness (QED) is 0.418. The van der Waals surface area contributed by atoms with Gasteiger partial charge >= 0.3 is 0 Å². The number of aromatic hydroxyl groups is 1. The van der Waals surface area contributed by atoms with E-state index in [2.05, 4.69) is 10.3 Å². The predicted molar refractivity (Wildman–Crippen MR) is 109 cm³/mol. The second kappa shape index (κ2) is 7.56. The number of H-pyrrole nitrogens is 1. The molecule has 0 aliphatic rings. The van der Waals surface area contributed by atoms with Gasteiger partial charge in [0, 0.05) is 23.0 Å². The van der Waals surface area contributed by atoms with E-state index in [4.69, 9.17) is 0 Å². The third-order valence-electron chi connectivity index (χ3n) is 4.73. The highest BCUT2D eigenvalue weighted by Crippen LogP contribution is 2.31. The van der Waals surface area contributed by atoms with Crippen LogP contribution in [0, 0.1) is 5.82 Å². The summed E-state index contributed by atoms with van der Waals surface area (Å²) in [7, 11) is 0. The Hall–Kier alpha value is -3.60. The molecule has 1 amide bonds. The number of aromatic amines is 1. The first-order valence-electron chi connectivity index (χ1n) is 9.05. The molecule has 4 rings (SSSR count). The molecule has 3 aromatic carbocycles. The van der Waals surface area contributed by atoms with Crippen molar-refractivity contribution in [2.45, 2.75) is 12.8 Å². The summed E-state index contributed by atoms with van der Waals surface area (Å²) in [6, 6.07) is 20.8. The molecule has 3 N–H and O–H groups in total. The Morgan fingerprint density at radius 1 is 0.964 bits per heavy atom. The van der Waals surface area contributed by atoms with Crippen molar-refractivity contribution >= 4 is 22.5 Å². The molecule has 4 nitrogen and oxygen atoms in total. The number of amides is 1. The van der Waals surface area contributed by atoms with E-state index in [1.165, 1.54) is 18.2 Å². The van der Waals surface area contributed by atoms with Gasteiger partial charge < -0.3 is 15.4 Å². The third-order valence-corrected chi connectivity index (χ3v) is 4.73. The molecular formula is C23H19FN2O2. The van der Waals surface area contributed by atoms with Gasteiger partial charge in [-0.15, -0.1) is 0 Å². The highest BCUT2D eigenvalue weighted by Gasteiger charge is 2.15.